The number of hydrogen-bond donors (Lipinski definition) is 3. The third kappa shape index (κ3) is 7.35. The quantitative estimate of drug-likeness (QED) is 0.210. The molecule has 204 valence electrons. The van der Waals surface area contributed by atoms with E-state index in [-0.39, 0.29) is 35.9 Å². The molecule has 0 radical (unpaired) electrons. The summed E-state index contributed by atoms with van der Waals surface area (Å²) in [5.41, 5.74) is -1.75. The maximum absolute atomic E-state index is 13.6. The summed E-state index contributed by atoms with van der Waals surface area (Å²) < 4.78 is 28.9. The van der Waals surface area contributed by atoms with Crippen molar-refractivity contribution in [3.05, 3.63) is 34.4 Å². The number of benzene rings is 1. The van der Waals surface area contributed by atoms with Gasteiger partial charge in [-0.1, -0.05) is 51.9 Å². The van der Waals surface area contributed by atoms with E-state index < -0.39 is 44.1 Å². The molecule has 3 N–H and O–H groups in total. The van der Waals surface area contributed by atoms with Gasteiger partial charge in [0.15, 0.2) is 0 Å². The first-order valence-electron chi connectivity index (χ1n) is 13.0. The largest absolute Gasteiger partial charge is 0.347 e. The van der Waals surface area contributed by atoms with Gasteiger partial charge in [0, 0.05) is 18.2 Å². The van der Waals surface area contributed by atoms with Crippen LogP contribution in [-0.4, -0.2) is 48.6 Å². The zero-order valence-electron chi connectivity index (χ0n) is 21.2. The molecule has 12 heteroatoms. The van der Waals surface area contributed by atoms with Crippen molar-refractivity contribution in [3.8, 4) is 0 Å². The number of carbonyl (C=O) groups is 3. The van der Waals surface area contributed by atoms with Crippen LogP contribution in [0.2, 0.25) is 0 Å². The molecule has 0 bridgehead atoms. The maximum atomic E-state index is 13.6. The van der Waals surface area contributed by atoms with Crippen molar-refractivity contribution in [1.82, 2.24) is 15.4 Å². The zero-order chi connectivity index (χ0) is 27.1. The molecule has 1 aromatic carbocycles. The average Bonchev–Trinajstić information content (AvgIpc) is 3.39. The van der Waals surface area contributed by atoms with Crippen LogP contribution in [0, 0.1) is 10.1 Å². The van der Waals surface area contributed by atoms with Gasteiger partial charge in [0.1, 0.15) is 5.54 Å². The molecule has 2 aliphatic rings. The standard InChI is InChI=1S/C25H36N4O7S/c1-2-3-11-21(22(30)23(31)26-18-9-5-6-10-18)27-24(32)25(16-7-4-8-17-25)28-37(35,36)20-14-12-19(13-15-20)29(33)34/h12-15,18,21,28H,2-11,16-17H2,1H3,(H,26,31)(H,27,32)/t21-/m0/s1. The Hall–Kier alpha value is -2.86. The Morgan fingerprint density at radius 1 is 1.05 bits per heavy atom. The van der Waals surface area contributed by atoms with E-state index >= 15 is 0 Å². The molecule has 0 aliphatic heterocycles. The molecule has 2 fully saturated rings. The Kier molecular flexibility index (Phi) is 9.77. The number of sulfonamides is 1. The fourth-order valence-electron chi connectivity index (χ4n) is 5.05. The highest BCUT2D eigenvalue weighted by Crippen LogP contribution is 2.31. The lowest BCUT2D eigenvalue weighted by Gasteiger charge is -2.37. The molecule has 2 aliphatic carbocycles. The third-order valence-electron chi connectivity index (χ3n) is 7.21. The molecular weight excluding hydrogens is 500 g/mol. The lowest BCUT2D eigenvalue weighted by Crippen LogP contribution is -2.62. The van der Waals surface area contributed by atoms with Crippen LogP contribution in [-0.2, 0) is 24.4 Å². The number of amides is 2. The van der Waals surface area contributed by atoms with E-state index in [1.54, 1.807) is 0 Å². The molecule has 0 heterocycles. The number of ketones is 1. The number of non-ortho nitro benzene ring substituents is 1. The van der Waals surface area contributed by atoms with Gasteiger partial charge in [0.25, 0.3) is 11.6 Å². The predicted molar refractivity (Wildman–Crippen MR) is 136 cm³/mol. The van der Waals surface area contributed by atoms with Crippen LogP contribution in [0.3, 0.4) is 0 Å². The van der Waals surface area contributed by atoms with Gasteiger partial charge in [0.2, 0.25) is 21.7 Å². The van der Waals surface area contributed by atoms with Crippen molar-refractivity contribution in [1.29, 1.82) is 0 Å². The molecule has 1 aromatic rings. The third-order valence-corrected chi connectivity index (χ3v) is 8.76. The summed E-state index contributed by atoms with van der Waals surface area (Å²) >= 11 is 0. The fourth-order valence-corrected chi connectivity index (χ4v) is 6.48. The molecule has 0 saturated heterocycles. The van der Waals surface area contributed by atoms with Crippen LogP contribution < -0.4 is 15.4 Å². The molecule has 1 atom stereocenters. The number of unbranched alkanes of at least 4 members (excludes halogenated alkanes) is 1. The molecule has 3 rings (SSSR count). The normalized spacial score (nSPS) is 18.6. The lowest BCUT2D eigenvalue weighted by atomic mass is 9.81. The van der Waals surface area contributed by atoms with E-state index in [9.17, 15) is 32.9 Å². The molecule has 2 amide bonds. The second-order valence-corrected chi connectivity index (χ2v) is 11.7. The predicted octanol–water partition coefficient (Wildman–Crippen LogP) is 2.88. The summed E-state index contributed by atoms with van der Waals surface area (Å²) in [7, 11) is -4.21. The van der Waals surface area contributed by atoms with E-state index in [0.717, 1.165) is 62.8 Å². The highest BCUT2D eigenvalue weighted by molar-refractivity contribution is 7.89. The molecule has 0 spiro atoms. The number of nitrogens with zero attached hydrogens (tertiary/aromatic N) is 1. The Bertz CT molecular complexity index is 1090. The first-order chi connectivity index (χ1) is 17.6. The smallest absolute Gasteiger partial charge is 0.289 e. The highest BCUT2D eigenvalue weighted by atomic mass is 32.2. The molecule has 11 nitrogen and oxygen atoms in total. The second kappa shape index (κ2) is 12.6. The summed E-state index contributed by atoms with van der Waals surface area (Å²) in [4.78, 5) is 49.4. The number of hydrogen-bond acceptors (Lipinski definition) is 7. The monoisotopic (exact) mass is 536 g/mol. The summed E-state index contributed by atoms with van der Waals surface area (Å²) in [5.74, 6) is -2.09. The Morgan fingerprint density at radius 2 is 1.68 bits per heavy atom. The van der Waals surface area contributed by atoms with Crippen molar-refractivity contribution >= 4 is 33.3 Å². The highest BCUT2D eigenvalue weighted by Gasteiger charge is 2.44. The van der Waals surface area contributed by atoms with Crippen LogP contribution in [0.5, 0.6) is 0 Å². The first-order valence-corrected chi connectivity index (χ1v) is 14.5. The number of Topliss-reactive ketones (excluding diaryl/α,β-unsaturated/α-hetero) is 1. The molecular formula is C25H36N4O7S. The van der Waals surface area contributed by atoms with Gasteiger partial charge in [-0.25, -0.2) is 8.42 Å². The van der Waals surface area contributed by atoms with Gasteiger partial charge >= 0.3 is 0 Å². The van der Waals surface area contributed by atoms with Crippen molar-refractivity contribution in [2.45, 2.75) is 106 Å². The Labute approximate surface area is 217 Å². The minimum Gasteiger partial charge on any atom is -0.347 e. The van der Waals surface area contributed by atoms with E-state index in [4.69, 9.17) is 0 Å². The second-order valence-electron chi connectivity index (χ2n) is 9.99. The summed E-state index contributed by atoms with van der Waals surface area (Å²) in [6, 6.07) is 3.31. The summed E-state index contributed by atoms with van der Waals surface area (Å²) in [6.45, 7) is 1.93. The summed E-state index contributed by atoms with van der Waals surface area (Å²) in [6.07, 6.45) is 7.74. The minimum atomic E-state index is -4.21. The topological polar surface area (TPSA) is 165 Å². The van der Waals surface area contributed by atoms with Crippen molar-refractivity contribution in [2.24, 2.45) is 0 Å². The number of rotatable bonds is 12. The van der Waals surface area contributed by atoms with E-state index in [1.165, 1.54) is 0 Å². The van der Waals surface area contributed by atoms with Gasteiger partial charge in [-0.2, -0.15) is 4.72 Å². The van der Waals surface area contributed by atoms with Gasteiger partial charge in [-0.15, -0.1) is 0 Å². The minimum absolute atomic E-state index is 0.0443. The number of nitro benzene ring substituents is 1. The van der Waals surface area contributed by atoms with Gasteiger partial charge in [0.05, 0.1) is 15.9 Å². The van der Waals surface area contributed by atoms with Crippen molar-refractivity contribution < 1.29 is 27.7 Å². The zero-order valence-corrected chi connectivity index (χ0v) is 22.0. The Morgan fingerprint density at radius 3 is 2.24 bits per heavy atom. The van der Waals surface area contributed by atoms with E-state index in [0.29, 0.717) is 19.3 Å². The molecule has 37 heavy (non-hydrogen) atoms. The van der Waals surface area contributed by atoms with Crippen LogP contribution in [0.25, 0.3) is 0 Å². The number of nitrogens with one attached hydrogen (secondary N) is 3. The first kappa shape index (κ1) is 28.7. The molecule has 2 saturated carbocycles. The van der Waals surface area contributed by atoms with Crippen LogP contribution in [0.4, 0.5) is 5.69 Å². The molecule has 0 aromatic heterocycles. The fraction of sp³-hybridized carbons (Fsp3) is 0.640. The van der Waals surface area contributed by atoms with Crippen LogP contribution in [0.1, 0.15) is 84.0 Å². The van der Waals surface area contributed by atoms with Crippen molar-refractivity contribution in [3.63, 3.8) is 0 Å². The van der Waals surface area contributed by atoms with Gasteiger partial charge < -0.3 is 10.6 Å². The van der Waals surface area contributed by atoms with E-state index in [1.807, 2.05) is 6.92 Å². The number of carbonyl (C=O) groups excluding carboxylic acids is 3. The van der Waals surface area contributed by atoms with E-state index in [2.05, 4.69) is 15.4 Å². The summed E-state index contributed by atoms with van der Waals surface area (Å²) in [5, 5.41) is 16.4. The SMILES string of the molecule is CCCC[C@H](NC(=O)C1(NS(=O)(=O)c2ccc([N+](=O)[O-])cc2)CCCCC1)C(=O)C(=O)NC1CCCC1. The van der Waals surface area contributed by atoms with Crippen LogP contribution in [0.15, 0.2) is 29.2 Å². The van der Waals surface area contributed by atoms with Gasteiger partial charge in [-0.05, 0) is 44.2 Å². The Balaban J connectivity index is 1.80. The van der Waals surface area contributed by atoms with Crippen molar-refractivity contribution in [2.75, 3.05) is 0 Å². The maximum Gasteiger partial charge on any atom is 0.289 e. The average molecular weight is 537 g/mol. The molecule has 0 unspecified atom stereocenters. The number of nitro groups is 1. The lowest BCUT2D eigenvalue weighted by molar-refractivity contribution is -0.384. The van der Waals surface area contributed by atoms with Gasteiger partial charge in [-0.3, -0.25) is 24.5 Å². The van der Waals surface area contributed by atoms with Crippen LogP contribution >= 0.6 is 0 Å².